The molecule has 0 aliphatic carbocycles. The number of halogens is 2. The number of ether oxygens (including phenoxy) is 6. The summed E-state index contributed by atoms with van der Waals surface area (Å²) in [6.45, 7) is 16.5. The summed E-state index contributed by atoms with van der Waals surface area (Å²) in [4.78, 5) is 68.5. The Hall–Kier alpha value is -8.43. The number of nitrogens with one attached hydrogen (secondary N) is 5. The second kappa shape index (κ2) is 37.2. The van der Waals surface area contributed by atoms with Gasteiger partial charge in [-0.25, -0.2) is 34.5 Å². The summed E-state index contributed by atoms with van der Waals surface area (Å²) in [5.41, 5.74) is 8.85. The number of hydrogen-bond acceptors (Lipinski definition) is 20. The number of esters is 1. The van der Waals surface area contributed by atoms with Gasteiger partial charge in [-0.1, -0.05) is 40.5 Å². The van der Waals surface area contributed by atoms with Crippen LogP contribution in [-0.4, -0.2) is 131 Å². The quantitative estimate of drug-likeness (QED) is 0.0609. The third kappa shape index (κ3) is 23.7. The number of amides is 2. The third-order valence-corrected chi connectivity index (χ3v) is 14.0. The van der Waals surface area contributed by atoms with E-state index in [-0.39, 0.29) is 46.7 Å². The fourth-order valence-corrected chi connectivity index (χ4v) is 9.63. The van der Waals surface area contributed by atoms with Gasteiger partial charge in [0.1, 0.15) is 52.6 Å². The molecule has 23 nitrogen and oxygen atoms in total. The number of anilines is 5. The molecular formula is C67H83Br2N11O12. The highest BCUT2D eigenvalue weighted by atomic mass is 79.9. The van der Waals surface area contributed by atoms with E-state index in [2.05, 4.69) is 83.4 Å². The van der Waals surface area contributed by atoms with Crippen LogP contribution in [-0.2, 0) is 87.2 Å². The number of aliphatic carboxylic acids is 1. The number of para-hydroxylation sites is 1. The Bertz CT molecular complexity index is 3690. The first kappa shape index (κ1) is 74.3. The zero-order chi connectivity index (χ0) is 63.1. The molecule has 7 aromatic rings. The molecule has 6 aromatic heterocycles. The van der Waals surface area contributed by atoms with Gasteiger partial charge in [0.25, 0.3) is 5.91 Å². The molecule has 5 aliphatic rings. The van der Waals surface area contributed by atoms with E-state index in [1.54, 1.807) is 61.2 Å². The summed E-state index contributed by atoms with van der Waals surface area (Å²) in [5.74, 6) is 3.26. The molecule has 25 heteroatoms. The first-order valence-corrected chi connectivity index (χ1v) is 30.1. The second-order valence-corrected chi connectivity index (χ2v) is 23.2. The number of aromatic nitrogens is 5. The summed E-state index contributed by atoms with van der Waals surface area (Å²) >= 11 is 6.67. The maximum atomic E-state index is 12.5. The van der Waals surface area contributed by atoms with Crippen molar-refractivity contribution in [3.63, 3.8) is 0 Å². The fraction of sp³-hybridized carbons (Fsp3) is 0.358. The number of benzene rings is 1. The molecule has 92 heavy (non-hydrogen) atoms. The minimum atomic E-state index is -0.968. The molecule has 0 atom stereocenters. The molecule has 0 fully saturated rings. The zero-order valence-corrected chi connectivity index (χ0v) is 53.2. The normalized spacial score (nSPS) is 14.6. The van der Waals surface area contributed by atoms with Crippen molar-refractivity contribution in [1.29, 1.82) is 0 Å². The molecule has 12 rings (SSSR count). The lowest BCUT2D eigenvalue weighted by molar-refractivity contribution is -0.148. The number of fused-ring (bicyclic) bond motifs is 6. The van der Waals surface area contributed by atoms with E-state index in [9.17, 15) is 19.2 Å². The molecule has 0 saturated carbocycles. The van der Waals surface area contributed by atoms with Gasteiger partial charge in [0, 0.05) is 130 Å². The minimum absolute atomic E-state index is 0. The molecule has 11 heterocycles. The van der Waals surface area contributed by atoms with Gasteiger partial charge in [0.05, 0.1) is 66.0 Å². The van der Waals surface area contributed by atoms with Gasteiger partial charge < -0.3 is 69.4 Å². The highest BCUT2D eigenvalue weighted by Gasteiger charge is 2.18. The molecule has 6 N–H and O–H groups in total. The van der Waals surface area contributed by atoms with E-state index >= 15 is 0 Å². The Morgan fingerprint density at radius 2 is 1.00 bits per heavy atom. The topological polar surface area (TPSA) is 285 Å². The summed E-state index contributed by atoms with van der Waals surface area (Å²) in [6, 6.07) is 17.6. The smallest absolute Gasteiger partial charge is 0.331 e. The summed E-state index contributed by atoms with van der Waals surface area (Å²) in [5, 5.41) is 25.0. The van der Waals surface area contributed by atoms with Gasteiger partial charge in [0.2, 0.25) is 5.91 Å². The van der Waals surface area contributed by atoms with Crippen molar-refractivity contribution in [2.75, 3.05) is 92.8 Å². The molecule has 1 aromatic carbocycles. The SMILES string of the molecule is Brc1cnc2c(c1)COCCN2.C.C.C.CC(C)(C)OC(=O)/C=C/c1cnc2c(c1)COCCN2.Cc1c(CN(C)C(=O)/C=C/c2cnc3c(c2)COCCN3)oc2ccccc12.O=C(O)/C=C/c1cnc2c(c1)COCCN2.O=C1COCc2cc(Br)cnc2N1. The fourth-order valence-electron chi connectivity index (χ4n) is 8.87. The number of carbonyl (C=O) groups excluding carboxylic acids is 3. The number of pyridine rings is 5. The predicted molar refractivity (Wildman–Crippen MR) is 366 cm³/mol. The maximum absolute atomic E-state index is 12.5. The molecule has 0 unspecified atom stereocenters. The van der Waals surface area contributed by atoms with Crippen LogP contribution in [0.25, 0.3) is 29.2 Å². The molecule has 5 aliphatic heterocycles. The number of aryl methyl sites for hydroxylation is 1. The Morgan fingerprint density at radius 3 is 1.47 bits per heavy atom. The maximum Gasteiger partial charge on any atom is 0.331 e. The highest BCUT2D eigenvalue weighted by molar-refractivity contribution is 9.10. The van der Waals surface area contributed by atoms with Gasteiger partial charge in [-0.05, 0) is 131 Å². The lowest BCUT2D eigenvalue weighted by Crippen LogP contribution is -2.24. The lowest BCUT2D eigenvalue weighted by atomic mass is 10.1. The number of nitrogens with zero attached hydrogens (tertiary/aromatic N) is 6. The van der Waals surface area contributed by atoms with E-state index in [0.29, 0.717) is 65.2 Å². The van der Waals surface area contributed by atoms with Crippen LogP contribution < -0.4 is 26.6 Å². The zero-order valence-electron chi connectivity index (χ0n) is 50.0. The van der Waals surface area contributed by atoms with Crippen LogP contribution in [0.3, 0.4) is 0 Å². The van der Waals surface area contributed by atoms with Crippen LogP contribution >= 0.6 is 31.9 Å². The number of carbonyl (C=O) groups is 4. The Labute approximate surface area is 554 Å². The van der Waals surface area contributed by atoms with Crippen LogP contribution in [0, 0.1) is 6.92 Å². The first-order chi connectivity index (χ1) is 42.9. The van der Waals surface area contributed by atoms with Crippen LogP contribution in [0.15, 0.2) is 117 Å². The van der Waals surface area contributed by atoms with Crippen LogP contribution in [0.1, 0.15) is 98.9 Å². The Balaban J connectivity index is 0.000000214. The van der Waals surface area contributed by atoms with Gasteiger partial charge in [-0.3, -0.25) is 9.59 Å². The monoisotopic (exact) mass is 1390 g/mol. The number of carboxylic acids is 1. The number of hydrogen-bond donors (Lipinski definition) is 6. The van der Waals surface area contributed by atoms with Gasteiger partial charge >= 0.3 is 11.9 Å². The second-order valence-electron chi connectivity index (χ2n) is 21.3. The van der Waals surface area contributed by atoms with Crippen molar-refractivity contribution < 1.29 is 57.1 Å². The Morgan fingerprint density at radius 1 is 0.587 bits per heavy atom. The number of carboxylic acid groups (broad SMARTS) is 1. The summed E-state index contributed by atoms with van der Waals surface area (Å²) in [7, 11) is 1.77. The minimum Gasteiger partial charge on any atom is -0.478 e. The largest absolute Gasteiger partial charge is 0.478 e. The lowest BCUT2D eigenvalue weighted by Gasteiger charge is -2.17. The van der Waals surface area contributed by atoms with Gasteiger partial charge in [0.15, 0.2) is 0 Å². The molecule has 492 valence electrons. The highest BCUT2D eigenvalue weighted by Crippen LogP contribution is 2.27. The summed E-state index contributed by atoms with van der Waals surface area (Å²) in [6.07, 6.45) is 17.6. The molecule has 0 spiro atoms. The number of furan rings is 1. The van der Waals surface area contributed by atoms with Crippen molar-refractivity contribution in [3.05, 3.63) is 169 Å². The van der Waals surface area contributed by atoms with E-state index < -0.39 is 11.6 Å². The van der Waals surface area contributed by atoms with Crippen LogP contribution in [0.2, 0.25) is 0 Å². The third-order valence-electron chi connectivity index (χ3n) is 13.1. The van der Waals surface area contributed by atoms with Crippen LogP contribution in [0.4, 0.5) is 29.1 Å². The van der Waals surface area contributed by atoms with Crippen molar-refractivity contribution in [1.82, 2.24) is 29.8 Å². The number of rotatable bonds is 8. The van der Waals surface area contributed by atoms with E-state index in [1.165, 1.54) is 12.2 Å². The first-order valence-electron chi connectivity index (χ1n) is 28.5. The number of likely N-dealkylation sites (N-methyl/N-ethyl adjacent to an activating group) is 1. The molecule has 0 radical (unpaired) electrons. The van der Waals surface area contributed by atoms with E-state index in [1.807, 2.05) is 82.3 Å². The van der Waals surface area contributed by atoms with Gasteiger partial charge in [-0.2, -0.15) is 0 Å². The summed E-state index contributed by atoms with van der Waals surface area (Å²) < 4.78 is 39.8. The average Bonchev–Trinajstić information content (AvgIpc) is 1.72. The van der Waals surface area contributed by atoms with Crippen LogP contribution in [0.5, 0.6) is 0 Å². The molecule has 2 amide bonds. The average molecular weight is 1390 g/mol. The van der Waals surface area contributed by atoms with Crippen molar-refractivity contribution in [2.24, 2.45) is 0 Å². The van der Waals surface area contributed by atoms with Crippen molar-refractivity contribution >= 4 is 114 Å². The standard InChI is InChI=1S/C22H23N3O3.C15H20N2O3.C11H12N2O3.C8H7BrN2O2.C8H9BrN2O.3CH4/c1-15-18-5-3-4-6-19(18)28-20(15)13-25(2)21(26)8-7-16-11-17-14-27-10-9-23-22(17)24-12-16;1-15(2,3)20-13(18)5-4-11-8-12-10-19-7-6-16-14(12)17-9-11;14-10(15)2-1-8-5-9-7-16-4-3-12-11(9)13-6-8;9-6-1-5-3-13-4-7(12)11-8(5)10-2-6;9-7-3-6-5-12-2-1-10-8(6)11-4-7;;;/h3-8,11-12H,9-10,13-14H2,1-2H3,(H,23,24);4-5,8-9H,6-7,10H2,1-3H3,(H,16,17);1-2,5-6H,3-4,7H2,(H,12,13)(H,14,15);1-2H,3-4H2,(H,10,11,12);3-4H,1-2,5H2,(H,10,11);3*1H4/b8-7+;5-4+;2-1+;;;;;. The van der Waals surface area contributed by atoms with Crippen molar-refractivity contribution in [2.45, 2.75) is 95.2 Å². The molecule has 0 saturated heterocycles. The van der Waals surface area contributed by atoms with E-state index in [0.717, 1.165) is 138 Å². The van der Waals surface area contributed by atoms with E-state index in [4.69, 9.17) is 37.9 Å². The van der Waals surface area contributed by atoms with Crippen molar-refractivity contribution in [3.8, 4) is 0 Å². The molecular weight excluding hydrogens is 1310 g/mol. The molecule has 0 bridgehead atoms. The Kier molecular flexibility index (Phi) is 30.0. The predicted octanol–water partition coefficient (Wildman–Crippen LogP) is 12.3. The van der Waals surface area contributed by atoms with Gasteiger partial charge in [-0.15, -0.1) is 0 Å².